The van der Waals surface area contributed by atoms with E-state index in [2.05, 4.69) is 20.3 Å². The lowest BCUT2D eigenvalue weighted by Gasteiger charge is -2.03. The van der Waals surface area contributed by atoms with E-state index < -0.39 is 5.97 Å². The fourth-order valence-corrected chi connectivity index (χ4v) is 1.04. The lowest BCUT2D eigenvalue weighted by Crippen LogP contribution is -2.30. The Morgan fingerprint density at radius 3 is 2.87 bits per heavy atom. The van der Waals surface area contributed by atoms with Crippen molar-refractivity contribution in [1.82, 2.24) is 15.5 Å². The molecule has 0 bridgehead atoms. The fraction of sp³-hybridized carbons (Fsp3) is 0.444. The van der Waals surface area contributed by atoms with Crippen molar-refractivity contribution in [2.45, 2.75) is 13.8 Å². The topological polar surface area (TPSA) is 84.1 Å². The molecular weight excluding hydrogens is 198 g/mol. The second kappa shape index (κ2) is 5.14. The van der Waals surface area contributed by atoms with E-state index in [1.807, 2.05) is 0 Å². The van der Waals surface area contributed by atoms with E-state index in [-0.39, 0.29) is 12.5 Å². The standard InChI is InChI=1S/C9H13N3O3/c1-3-15-8(13)5-10-9(14)7-4-11-12-6(7)2/h4H,3,5H2,1-2H3,(H,10,14)(H,11,12). The minimum Gasteiger partial charge on any atom is -0.465 e. The van der Waals surface area contributed by atoms with Gasteiger partial charge in [0.15, 0.2) is 0 Å². The van der Waals surface area contributed by atoms with Crippen molar-refractivity contribution >= 4 is 11.9 Å². The molecule has 0 radical (unpaired) electrons. The second-order valence-corrected chi connectivity index (χ2v) is 2.90. The molecule has 0 aliphatic heterocycles. The molecule has 0 saturated heterocycles. The van der Waals surface area contributed by atoms with Crippen LogP contribution in [0.2, 0.25) is 0 Å². The maximum absolute atomic E-state index is 11.5. The highest BCUT2D eigenvalue weighted by molar-refractivity contribution is 5.96. The van der Waals surface area contributed by atoms with Gasteiger partial charge in [-0.25, -0.2) is 0 Å². The summed E-state index contributed by atoms with van der Waals surface area (Å²) in [6.45, 7) is 3.61. The van der Waals surface area contributed by atoms with Crippen LogP contribution in [0.3, 0.4) is 0 Å². The van der Waals surface area contributed by atoms with Crippen molar-refractivity contribution in [3.8, 4) is 0 Å². The Morgan fingerprint density at radius 1 is 1.60 bits per heavy atom. The van der Waals surface area contributed by atoms with Crippen LogP contribution in [0.1, 0.15) is 23.0 Å². The molecule has 0 saturated carbocycles. The maximum Gasteiger partial charge on any atom is 0.325 e. The minimum absolute atomic E-state index is 0.128. The third kappa shape index (κ3) is 3.08. The number of hydrogen-bond donors (Lipinski definition) is 2. The molecule has 1 rings (SSSR count). The quantitative estimate of drug-likeness (QED) is 0.687. The number of nitrogens with zero attached hydrogens (tertiary/aromatic N) is 1. The Balaban J connectivity index is 2.44. The van der Waals surface area contributed by atoms with E-state index >= 15 is 0 Å². The van der Waals surface area contributed by atoms with E-state index in [0.717, 1.165) is 0 Å². The van der Waals surface area contributed by atoms with Crippen molar-refractivity contribution in [1.29, 1.82) is 0 Å². The highest BCUT2D eigenvalue weighted by Gasteiger charge is 2.11. The lowest BCUT2D eigenvalue weighted by atomic mass is 10.2. The van der Waals surface area contributed by atoms with Crippen molar-refractivity contribution in [2.75, 3.05) is 13.2 Å². The summed E-state index contributed by atoms with van der Waals surface area (Å²) in [5, 5.41) is 8.78. The smallest absolute Gasteiger partial charge is 0.325 e. The Kier molecular flexibility index (Phi) is 3.84. The van der Waals surface area contributed by atoms with Gasteiger partial charge in [-0.15, -0.1) is 0 Å². The van der Waals surface area contributed by atoms with Crippen molar-refractivity contribution in [3.63, 3.8) is 0 Å². The molecule has 1 amide bonds. The lowest BCUT2D eigenvalue weighted by molar-refractivity contribution is -0.141. The predicted molar refractivity (Wildman–Crippen MR) is 52.3 cm³/mol. The molecule has 1 heterocycles. The molecule has 6 heteroatoms. The SMILES string of the molecule is CCOC(=O)CNC(=O)c1cn[nH]c1C. The number of rotatable bonds is 4. The summed E-state index contributed by atoms with van der Waals surface area (Å²) in [7, 11) is 0. The molecule has 0 fully saturated rings. The van der Waals surface area contributed by atoms with Crippen LogP contribution in [0.5, 0.6) is 0 Å². The molecule has 0 aliphatic carbocycles. The monoisotopic (exact) mass is 211 g/mol. The molecule has 1 aromatic heterocycles. The number of amides is 1. The number of H-pyrrole nitrogens is 1. The van der Waals surface area contributed by atoms with E-state index in [4.69, 9.17) is 0 Å². The van der Waals surface area contributed by atoms with Gasteiger partial charge >= 0.3 is 5.97 Å². The Morgan fingerprint density at radius 2 is 2.33 bits per heavy atom. The van der Waals surface area contributed by atoms with Gasteiger partial charge in [-0.3, -0.25) is 14.7 Å². The van der Waals surface area contributed by atoms with Gasteiger partial charge in [0.1, 0.15) is 6.54 Å². The summed E-state index contributed by atoms with van der Waals surface area (Å²) in [5.74, 6) is -0.790. The number of carbonyl (C=O) groups excluding carboxylic acids is 2. The average molecular weight is 211 g/mol. The van der Waals surface area contributed by atoms with Crippen LogP contribution in [0.4, 0.5) is 0 Å². The third-order valence-electron chi connectivity index (χ3n) is 1.77. The fourth-order valence-electron chi connectivity index (χ4n) is 1.04. The van der Waals surface area contributed by atoms with E-state index in [1.165, 1.54) is 6.20 Å². The number of carbonyl (C=O) groups is 2. The van der Waals surface area contributed by atoms with Crippen LogP contribution in [0.25, 0.3) is 0 Å². The van der Waals surface area contributed by atoms with Gasteiger partial charge in [0.2, 0.25) is 0 Å². The van der Waals surface area contributed by atoms with Crippen molar-refractivity contribution < 1.29 is 14.3 Å². The number of esters is 1. The highest BCUT2D eigenvalue weighted by Crippen LogP contribution is 2.01. The van der Waals surface area contributed by atoms with Gasteiger partial charge in [0.05, 0.1) is 18.4 Å². The summed E-state index contributed by atoms with van der Waals surface area (Å²) in [6, 6.07) is 0. The van der Waals surface area contributed by atoms with Crippen LogP contribution >= 0.6 is 0 Å². The average Bonchev–Trinajstić information content (AvgIpc) is 2.61. The first-order chi connectivity index (χ1) is 7.15. The molecule has 2 N–H and O–H groups in total. The molecule has 0 aromatic carbocycles. The number of aromatic amines is 1. The molecule has 15 heavy (non-hydrogen) atoms. The van der Waals surface area contributed by atoms with Gasteiger partial charge in [0, 0.05) is 5.69 Å². The summed E-state index contributed by atoms with van der Waals surface area (Å²) in [4.78, 5) is 22.4. The molecule has 0 atom stereocenters. The van der Waals surface area contributed by atoms with Gasteiger partial charge in [-0.2, -0.15) is 5.10 Å². The highest BCUT2D eigenvalue weighted by atomic mass is 16.5. The molecular formula is C9H13N3O3. The Bertz CT molecular complexity index is 359. The number of nitrogens with one attached hydrogen (secondary N) is 2. The zero-order valence-corrected chi connectivity index (χ0v) is 8.66. The first kappa shape index (κ1) is 11.2. The first-order valence-electron chi connectivity index (χ1n) is 4.59. The number of ether oxygens (including phenoxy) is 1. The summed E-state index contributed by atoms with van der Waals surface area (Å²) in [6.07, 6.45) is 1.41. The van der Waals surface area contributed by atoms with E-state index in [1.54, 1.807) is 13.8 Å². The van der Waals surface area contributed by atoms with Crippen LogP contribution in [0, 0.1) is 6.92 Å². The van der Waals surface area contributed by atoms with Crippen LogP contribution in [-0.4, -0.2) is 35.2 Å². The molecule has 1 aromatic rings. The number of aromatic nitrogens is 2. The second-order valence-electron chi connectivity index (χ2n) is 2.90. The minimum atomic E-state index is -0.452. The molecule has 6 nitrogen and oxygen atoms in total. The molecule has 0 spiro atoms. The Labute approximate surface area is 87.0 Å². The number of hydrogen-bond acceptors (Lipinski definition) is 4. The zero-order chi connectivity index (χ0) is 11.3. The van der Waals surface area contributed by atoms with Crippen molar-refractivity contribution in [2.24, 2.45) is 0 Å². The largest absolute Gasteiger partial charge is 0.465 e. The normalized spacial score (nSPS) is 9.73. The number of aryl methyl sites for hydroxylation is 1. The molecule has 0 unspecified atom stereocenters. The van der Waals surface area contributed by atoms with Gasteiger partial charge < -0.3 is 10.1 Å². The predicted octanol–water partition coefficient (Wildman–Crippen LogP) is 0.0110. The maximum atomic E-state index is 11.5. The summed E-state index contributed by atoms with van der Waals surface area (Å²) in [5.41, 5.74) is 1.09. The molecule has 0 aliphatic rings. The summed E-state index contributed by atoms with van der Waals surface area (Å²) >= 11 is 0. The van der Waals surface area contributed by atoms with Gasteiger partial charge in [-0.05, 0) is 13.8 Å². The summed E-state index contributed by atoms with van der Waals surface area (Å²) < 4.78 is 4.66. The van der Waals surface area contributed by atoms with Gasteiger partial charge in [0.25, 0.3) is 5.91 Å². The van der Waals surface area contributed by atoms with Gasteiger partial charge in [-0.1, -0.05) is 0 Å². The van der Waals surface area contributed by atoms with E-state index in [0.29, 0.717) is 17.9 Å². The first-order valence-corrected chi connectivity index (χ1v) is 4.59. The van der Waals surface area contributed by atoms with Crippen LogP contribution < -0.4 is 5.32 Å². The third-order valence-corrected chi connectivity index (χ3v) is 1.77. The van der Waals surface area contributed by atoms with Crippen LogP contribution in [0.15, 0.2) is 6.20 Å². The van der Waals surface area contributed by atoms with Crippen molar-refractivity contribution in [3.05, 3.63) is 17.5 Å². The zero-order valence-electron chi connectivity index (χ0n) is 8.66. The Hall–Kier alpha value is -1.85. The van der Waals surface area contributed by atoms with E-state index in [9.17, 15) is 9.59 Å². The van der Waals surface area contributed by atoms with Crippen LogP contribution in [-0.2, 0) is 9.53 Å². The molecule has 82 valence electrons.